The van der Waals surface area contributed by atoms with E-state index in [1.807, 2.05) is 20.8 Å². The van der Waals surface area contributed by atoms with E-state index in [1.54, 1.807) is 6.92 Å². The number of nitrogens with one attached hydrogen (secondary N) is 1. The molecule has 0 aromatic heterocycles. The van der Waals surface area contributed by atoms with Crippen LogP contribution in [-0.4, -0.2) is 32.7 Å². The van der Waals surface area contributed by atoms with E-state index in [0.29, 0.717) is 0 Å². The van der Waals surface area contributed by atoms with Gasteiger partial charge in [-0.15, -0.1) is 0 Å². The molecule has 0 saturated carbocycles. The molecule has 0 aliphatic rings. The second-order valence-electron chi connectivity index (χ2n) is 6.12. The zero-order valence-electron chi connectivity index (χ0n) is 14.5. The number of benzene rings is 1. The van der Waals surface area contributed by atoms with Crippen LogP contribution in [0.2, 0.25) is 5.02 Å². The lowest BCUT2D eigenvalue weighted by Gasteiger charge is -2.31. The van der Waals surface area contributed by atoms with Crippen LogP contribution in [0, 0.1) is 11.7 Å². The van der Waals surface area contributed by atoms with Crippen molar-refractivity contribution < 1.29 is 17.6 Å². The van der Waals surface area contributed by atoms with Crippen LogP contribution in [0.3, 0.4) is 0 Å². The summed E-state index contributed by atoms with van der Waals surface area (Å²) in [6.45, 7) is 7.49. The Bertz CT molecular complexity index is 695. The first-order valence-corrected chi connectivity index (χ1v) is 9.96. The standard InChI is InChI=1S/C16H24ClFN2O3S/c1-6-15(16(21)19-11(4)10(2)3)20(24(5,22)23)12-7-8-14(18)13(17)9-12/h7-11,15H,6H2,1-5H3,(H,19,21)/t11-,15+/m0/s1. The van der Waals surface area contributed by atoms with Gasteiger partial charge in [-0.25, -0.2) is 12.8 Å². The molecule has 1 N–H and O–H groups in total. The van der Waals surface area contributed by atoms with Crippen LogP contribution in [0.15, 0.2) is 18.2 Å². The fourth-order valence-corrected chi connectivity index (χ4v) is 3.55. The van der Waals surface area contributed by atoms with Crippen LogP contribution in [0.1, 0.15) is 34.1 Å². The molecule has 0 bridgehead atoms. The van der Waals surface area contributed by atoms with Crippen molar-refractivity contribution in [2.45, 2.75) is 46.2 Å². The molecular formula is C16H24ClFN2O3S. The number of halogens is 2. The van der Waals surface area contributed by atoms with Crippen molar-refractivity contribution in [3.8, 4) is 0 Å². The van der Waals surface area contributed by atoms with Gasteiger partial charge >= 0.3 is 0 Å². The van der Waals surface area contributed by atoms with Crippen LogP contribution < -0.4 is 9.62 Å². The summed E-state index contributed by atoms with van der Waals surface area (Å²) in [6, 6.07) is 2.54. The van der Waals surface area contributed by atoms with E-state index < -0.39 is 27.8 Å². The average Bonchev–Trinajstić information content (AvgIpc) is 2.46. The molecule has 5 nitrogen and oxygen atoms in total. The Kier molecular flexibility index (Phi) is 7.04. The van der Waals surface area contributed by atoms with Crippen molar-refractivity contribution >= 4 is 33.2 Å². The zero-order valence-corrected chi connectivity index (χ0v) is 16.1. The largest absolute Gasteiger partial charge is 0.352 e. The highest BCUT2D eigenvalue weighted by atomic mass is 35.5. The monoisotopic (exact) mass is 378 g/mol. The number of carbonyl (C=O) groups is 1. The first-order chi connectivity index (χ1) is 11.0. The fraction of sp³-hybridized carbons (Fsp3) is 0.562. The van der Waals surface area contributed by atoms with Gasteiger partial charge in [-0.2, -0.15) is 0 Å². The number of hydrogen-bond donors (Lipinski definition) is 1. The van der Waals surface area contributed by atoms with E-state index in [9.17, 15) is 17.6 Å². The maximum atomic E-state index is 13.4. The van der Waals surface area contributed by atoms with Gasteiger partial charge in [-0.3, -0.25) is 9.10 Å². The lowest BCUT2D eigenvalue weighted by atomic mass is 10.1. The van der Waals surface area contributed by atoms with Gasteiger partial charge in [0, 0.05) is 6.04 Å². The van der Waals surface area contributed by atoms with Gasteiger partial charge in [0.25, 0.3) is 0 Å². The number of nitrogens with zero attached hydrogens (tertiary/aromatic N) is 1. The third kappa shape index (κ3) is 5.08. The molecule has 8 heteroatoms. The Morgan fingerprint density at radius 1 is 1.33 bits per heavy atom. The highest BCUT2D eigenvalue weighted by molar-refractivity contribution is 7.92. The molecular weight excluding hydrogens is 355 g/mol. The Labute approximate surface area is 148 Å². The summed E-state index contributed by atoms with van der Waals surface area (Å²) in [5.41, 5.74) is 0.156. The number of carbonyl (C=O) groups excluding carboxylic acids is 1. The van der Waals surface area contributed by atoms with Crippen molar-refractivity contribution in [1.29, 1.82) is 0 Å². The lowest BCUT2D eigenvalue weighted by Crippen LogP contribution is -2.52. The van der Waals surface area contributed by atoms with Crippen molar-refractivity contribution in [3.63, 3.8) is 0 Å². The maximum absolute atomic E-state index is 13.4. The first-order valence-electron chi connectivity index (χ1n) is 7.73. The number of amides is 1. The summed E-state index contributed by atoms with van der Waals surface area (Å²) in [5, 5.41) is 2.62. The second-order valence-corrected chi connectivity index (χ2v) is 8.39. The van der Waals surface area contributed by atoms with E-state index in [2.05, 4.69) is 5.32 Å². The predicted octanol–water partition coefficient (Wildman–Crippen LogP) is 3.18. The third-order valence-corrected chi connectivity index (χ3v) is 5.33. The highest BCUT2D eigenvalue weighted by Crippen LogP contribution is 2.27. The SMILES string of the molecule is CC[C@H](C(=O)N[C@@H](C)C(C)C)N(c1ccc(F)c(Cl)c1)S(C)(=O)=O. The molecule has 0 aliphatic heterocycles. The molecule has 0 spiro atoms. The molecule has 1 aromatic rings. The van der Waals surface area contributed by atoms with Crippen molar-refractivity contribution in [3.05, 3.63) is 29.0 Å². The van der Waals surface area contributed by atoms with Gasteiger partial charge in [0.15, 0.2) is 0 Å². The molecule has 1 rings (SSSR count). The van der Waals surface area contributed by atoms with Crippen LogP contribution >= 0.6 is 11.6 Å². The van der Waals surface area contributed by atoms with Crippen molar-refractivity contribution in [1.82, 2.24) is 5.32 Å². The molecule has 1 amide bonds. The second kappa shape index (κ2) is 8.16. The number of hydrogen-bond acceptors (Lipinski definition) is 3. The molecule has 0 saturated heterocycles. The summed E-state index contributed by atoms with van der Waals surface area (Å²) in [7, 11) is -3.77. The average molecular weight is 379 g/mol. The molecule has 0 heterocycles. The Hall–Kier alpha value is -1.34. The van der Waals surface area contributed by atoms with Gasteiger partial charge in [0.2, 0.25) is 15.9 Å². The normalized spacial score (nSPS) is 14.3. The molecule has 24 heavy (non-hydrogen) atoms. The van der Waals surface area contributed by atoms with Gasteiger partial charge in [-0.1, -0.05) is 32.4 Å². The van der Waals surface area contributed by atoms with Crippen LogP contribution in [0.4, 0.5) is 10.1 Å². The molecule has 1 aromatic carbocycles. The summed E-state index contributed by atoms with van der Waals surface area (Å²) >= 11 is 5.76. The molecule has 0 aliphatic carbocycles. The first kappa shape index (κ1) is 20.7. The number of anilines is 1. The van der Waals surface area contributed by atoms with Crippen LogP contribution in [-0.2, 0) is 14.8 Å². The van der Waals surface area contributed by atoms with Gasteiger partial charge < -0.3 is 5.32 Å². The summed E-state index contributed by atoms with van der Waals surface area (Å²) in [5.74, 6) is -0.845. The van der Waals surface area contributed by atoms with E-state index in [-0.39, 0.29) is 29.1 Å². The van der Waals surface area contributed by atoms with Gasteiger partial charge in [0.05, 0.1) is 17.0 Å². The fourth-order valence-electron chi connectivity index (χ4n) is 2.17. The van der Waals surface area contributed by atoms with E-state index in [1.165, 1.54) is 12.1 Å². The van der Waals surface area contributed by atoms with Crippen LogP contribution in [0.5, 0.6) is 0 Å². The summed E-state index contributed by atoms with van der Waals surface area (Å²) in [4.78, 5) is 12.6. The minimum Gasteiger partial charge on any atom is -0.352 e. The molecule has 136 valence electrons. The smallest absolute Gasteiger partial charge is 0.244 e. The van der Waals surface area contributed by atoms with Gasteiger partial charge in [-0.05, 0) is 37.5 Å². The van der Waals surface area contributed by atoms with E-state index >= 15 is 0 Å². The van der Waals surface area contributed by atoms with E-state index in [0.717, 1.165) is 16.6 Å². The Morgan fingerprint density at radius 2 is 1.92 bits per heavy atom. The van der Waals surface area contributed by atoms with Crippen molar-refractivity contribution in [2.24, 2.45) is 5.92 Å². The molecule has 0 fully saturated rings. The molecule has 0 unspecified atom stereocenters. The predicted molar refractivity (Wildman–Crippen MR) is 95.3 cm³/mol. The van der Waals surface area contributed by atoms with Crippen molar-refractivity contribution in [2.75, 3.05) is 10.6 Å². The minimum absolute atomic E-state index is 0.107. The summed E-state index contributed by atoms with van der Waals surface area (Å²) in [6.07, 6.45) is 1.27. The molecule has 2 atom stereocenters. The van der Waals surface area contributed by atoms with E-state index in [4.69, 9.17) is 11.6 Å². The quantitative estimate of drug-likeness (QED) is 0.792. The maximum Gasteiger partial charge on any atom is 0.244 e. The minimum atomic E-state index is -3.77. The number of rotatable bonds is 7. The topological polar surface area (TPSA) is 66.5 Å². The summed E-state index contributed by atoms with van der Waals surface area (Å²) < 4.78 is 38.9. The van der Waals surface area contributed by atoms with Gasteiger partial charge in [0.1, 0.15) is 11.9 Å². The highest BCUT2D eigenvalue weighted by Gasteiger charge is 2.32. The lowest BCUT2D eigenvalue weighted by molar-refractivity contribution is -0.123. The number of sulfonamides is 1. The van der Waals surface area contributed by atoms with Crippen LogP contribution in [0.25, 0.3) is 0 Å². The Morgan fingerprint density at radius 3 is 2.33 bits per heavy atom. The molecule has 0 radical (unpaired) electrons. The third-order valence-electron chi connectivity index (χ3n) is 3.86. The zero-order chi connectivity index (χ0) is 18.7. The Balaban J connectivity index is 3.27.